The maximum absolute atomic E-state index is 12.2. The van der Waals surface area contributed by atoms with Crippen LogP contribution in [0.4, 0.5) is 0 Å². The van der Waals surface area contributed by atoms with Crippen molar-refractivity contribution >= 4 is 39.4 Å². The van der Waals surface area contributed by atoms with Crippen molar-refractivity contribution in [1.29, 1.82) is 0 Å². The summed E-state index contributed by atoms with van der Waals surface area (Å²) in [7, 11) is 0. The highest BCUT2D eigenvalue weighted by Crippen LogP contribution is 2.34. The van der Waals surface area contributed by atoms with Gasteiger partial charge in [-0.25, -0.2) is 4.98 Å². The van der Waals surface area contributed by atoms with E-state index in [4.69, 9.17) is 0 Å². The summed E-state index contributed by atoms with van der Waals surface area (Å²) >= 11 is 4.79. The summed E-state index contributed by atoms with van der Waals surface area (Å²) in [6, 6.07) is 1.83. The number of aromatic nitrogens is 5. The molecule has 0 N–H and O–H groups in total. The highest BCUT2D eigenvalue weighted by atomic mass is 32.2. The Morgan fingerprint density at radius 1 is 1.25 bits per heavy atom. The van der Waals surface area contributed by atoms with Crippen LogP contribution >= 0.6 is 34.4 Å². The molecule has 9 heteroatoms. The third-order valence-corrected chi connectivity index (χ3v) is 7.27. The number of hydrogen-bond acceptors (Lipinski definition) is 7. The lowest BCUT2D eigenvalue weighted by molar-refractivity contribution is 0.555. The lowest BCUT2D eigenvalue weighted by Crippen LogP contribution is -2.12. The molecule has 4 rings (SSSR count). The van der Waals surface area contributed by atoms with Crippen molar-refractivity contribution in [3.63, 3.8) is 0 Å². The Morgan fingerprint density at radius 3 is 2.82 bits per heavy atom. The topological polar surface area (TPSA) is 65.1 Å². The van der Waals surface area contributed by atoms with E-state index in [1.54, 1.807) is 39.8 Å². The normalized spacial score (nSPS) is 11.8. The number of thioether (sulfide) groups is 1. The van der Waals surface area contributed by atoms with Gasteiger partial charge in [-0.05, 0) is 32.8 Å². The third kappa shape index (κ3) is 3.42. The lowest BCUT2D eigenvalue weighted by atomic mass is 10.1. The summed E-state index contributed by atoms with van der Waals surface area (Å²) in [6.45, 7) is 8.62. The van der Waals surface area contributed by atoms with E-state index in [0.29, 0.717) is 5.75 Å². The van der Waals surface area contributed by atoms with E-state index in [-0.39, 0.29) is 11.6 Å². The second kappa shape index (κ2) is 7.81. The standard InChI is InChI=1S/C19H21N5OS3/c1-5-14-12(4)27-10-15(14)17-21-22-19(24(17)11(2)3)28-9-13-8-16(25)23-6-7-26-18(23)20-13/h6-8,10-11H,5,9H2,1-4H3. The van der Waals surface area contributed by atoms with Gasteiger partial charge in [-0.15, -0.1) is 32.9 Å². The number of hydrogen-bond donors (Lipinski definition) is 0. The number of thiazole rings is 1. The van der Waals surface area contributed by atoms with E-state index in [1.807, 2.05) is 5.38 Å². The average Bonchev–Trinajstić information content (AvgIpc) is 3.37. The first-order chi connectivity index (χ1) is 13.5. The van der Waals surface area contributed by atoms with E-state index in [9.17, 15) is 4.79 Å². The van der Waals surface area contributed by atoms with E-state index in [0.717, 1.165) is 28.1 Å². The molecule has 0 aliphatic carbocycles. The minimum Gasteiger partial charge on any atom is -0.299 e. The molecule has 4 heterocycles. The second-order valence-electron chi connectivity index (χ2n) is 6.74. The van der Waals surface area contributed by atoms with Crippen LogP contribution in [0.15, 0.2) is 33.0 Å². The third-order valence-electron chi connectivity index (χ3n) is 4.58. The van der Waals surface area contributed by atoms with Gasteiger partial charge in [0.25, 0.3) is 5.56 Å². The fraction of sp³-hybridized carbons (Fsp3) is 0.368. The molecule has 28 heavy (non-hydrogen) atoms. The van der Waals surface area contributed by atoms with Crippen molar-refractivity contribution in [3.05, 3.63) is 49.5 Å². The molecule has 0 spiro atoms. The summed E-state index contributed by atoms with van der Waals surface area (Å²) in [6.07, 6.45) is 2.73. The highest BCUT2D eigenvalue weighted by molar-refractivity contribution is 7.98. The molecule has 146 valence electrons. The first kappa shape index (κ1) is 19.4. The van der Waals surface area contributed by atoms with Crippen LogP contribution in [0.25, 0.3) is 16.3 Å². The second-order valence-corrected chi connectivity index (χ2v) is 9.64. The van der Waals surface area contributed by atoms with Crippen molar-refractivity contribution in [2.24, 2.45) is 0 Å². The molecule has 0 unspecified atom stereocenters. The molecular formula is C19H21N5OS3. The van der Waals surface area contributed by atoms with Gasteiger partial charge in [0.05, 0.1) is 5.69 Å². The summed E-state index contributed by atoms with van der Waals surface area (Å²) in [4.78, 5) is 18.8. The quantitative estimate of drug-likeness (QED) is 0.410. The van der Waals surface area contributed by atoms with Crippen molar-refractivity contribution < 1.29 is 0 Å². The number of nitrogens with zero attached hydrogens (tertiary/aromatic N) is 5. The number of rotatable bonds is 6. The number of fused-ring (bicyclic) bond motifs is 1. The fourth-order valence-electron chi connectivity index (χ4n) is 3.23. The van der Waals surface area contributed by atoms with E-state index < -0.39 is 0 Å². The molecule has 0 atom stereocenters. The maximum atomic E-state index is 12.2. The molecule has 4 aromatic heterocycles. The van der Waals surface area contributed by atoms with Crippen LogP contribution in [0.5, 0.6) is 0 Å². The predicted molar refractivity (Wildman–Crippen MR) is 117 cm³/mol. The Balaban J connectivity index is 1.66. The van der Waals surface area contributed by atoms with Crippen LogP contribution in [-0.2, 0) is 12.2 Å². The molecule has 0 saturated carbocycles. The van der Waals surface area contributed by atoms with Gasteiger partial charge in [-0.3, -0.25) is 13.8 Å². The summed E-state index contributed by atoms with van der Waals surface area (Å²) in [5.41, 5.74) is 3.23. The fourth-order valence-corrected chi connectivity index (χ4v) is 5.87. The summed E-state index contributed by atoms with van der Waals surface area (Å²) < 4.78 is 3.75. The van der Waals surface area contributed by atoms with Crippen LogP contribution in [0, 0.1) is 6.92 Å². The largest absolute Gasteiger partial charge is 0.299 e. The predicted octanol–water partition coefficient (Wildman–Crippen LogP) is 4.82. The van der Waals surface area contributed by atoms with Crippen LogP contribution < -0.4 is 5.56 Å². The Bertz CT molecular complexity index is 1180. The first-order valence-electron chi connectivity index (χ1n) is 9.10. The van der Waals surface area contributed by atoms with Crippen molar-refractivity contribution in [2.45, 2.75) is 51.1 Å². The van der Waals surface area contributed by atoms with Gasteiger partial charge in [0, 0.05) is 45.3 Å². The van der Waals surface area contributed by atoms with Crippen molar-refractivity contribution in [3.8, 4) is 11.4 Å². The minimum absolute atomic E-state index is 0.0470. The van der Waals surface area contributed by atoms with Crippen LogP contribution in [0.2, 0.25) is 0 Å². The molecule has 0 fully saturated rings. The van der Waals surface area contributed by atoms with Crippen molar-refractivity contribution in [2.75, 3.05) is 0 Å². The van der Waals surface area contributed by atoms with E-state index in [2.05, 4.69) is 52.8 Å². The Kier molecular flexibility index (Phi) is 5.39. The molecular weight excluding hydrogens is 410 g/mol. The molecule has 0 radical (unpaired) electrons. The van der Waals surface area contributed by atoms with Crippen molar-refractivity contribution in [1.82, 2.24) is 24.1 Å². The molecule has 0 aliphatic rings. The maximum Gasteiger partial charge on any atom is 0.258 e. The van der Waals surface area contributed by atoms with E-state index >= 15 is 0 Å². The average molecular weight is 432 g/mol. The molecule has 0 saturated heterocycles. The first-order valence-corrected chi connectivity index (χ1v) is 11.8. The molecule has 4 aromatic rings. The van der Waals surface area contributed by atoms with Gasteiger partial charge in [0.15, 0.2) is 15.9 Å². The van der Waals surface area contributed by atoms with Gasteiger partial charge in [-0.2, -0.15) is 0 Å². The highest BCUT2D eigenvalue weighted by Gasteiger charge is 2.20. The monoisotopic (exact) mass is 431 g/mol. The molecule has 0 bridgehead atoms. The lowest BCUT2D eigenvalue weighted by Gasteiger charge is -2.14. The van der Waals surface area contributed by atoms with Crippen LogP contribution in [0.1, 0.15) is 42.9 Å². The zero-order chi connectivity index (χ0) is 19.8. The van der Waals surface area contributed by atoms with Gasteiger partial charge < -0.3 is 0 Å². The Morgan fingerprint density at radius 2 is 2.07 bits per heavy atom. The van der Waals surface area contributed by atoms with Gasteiger partial charge in [-0.1, -0.05) is 18.7 Å². The Hall–Kier alpha value is -1.97. The van der Waals surface area contributed by atoms with Gasteiger partial charge in [0.2, 0.25) is 0 Å². The SMILES string of the molecule is CCc1c(-c2nnc(SCc3cc(=O)n4ccsc4n3)n2C(C)C)csc1C. The molecule has 6 nitrogen and oxygen atoms in total. The summed E-state index contributed by atoms with van der Waals surface area (Å²) in [5, 5.41) is 13.9. The zero-order valence-corrected chi connectivity index (χ0v) is 18.6. The van der Waals surface area contributed by atoms with Crippen LogP contribution in [-0.4, -0.2) is 24.1 Å². The van der Waals surface area contributed by atoms with Crippen LogP contribution in [0.3, 0.4) is 0 Å². The Labute approximate surface area is 175 Å². The zero-order valence-electron chi connectivity index (χ0n) is 16.2. The van der Waals surface area contributed by atoms with E-state index in [1.165, 1.54) is 27.3 Å². The smallest absolute Gasteiger partial charge is 0.258 e. The van der Waals surface area contributed by atoms with Gasteiger partial charge >= 0.3 is 0 Å². The molecule has 0 amide bonds. The minimum atomic E-state index is -0.0470. The number of aryl methyl sites for hydroxylation is 1. The number of thiophene rings is 1. The summed E-state index contributed by atoms with van der Waals surface area (Å²) in [5.74, 6) is 1.50. The molecule has 0 aromatic carbocycles. The van der Waals surface area contributed by atoms with Gasteiger partial charge in [0.1, 0.15) is 0 Å². The molecule has 0 aliphatic heterocycles.